The molecule has 4 atom stereocenters. The van der Waals surface area contributed by atoms with Crippen LogP contribution in [0.3, 0.4) is 0 Å². The fraction of sp³-hybridized carbons (Fsp3) is 0.559. The minimum atomic E-state index is -3.87. The zero-order valence-electron chi connectivity index (χ0n) is 28.1. The van der Waals surface area contributed by atoms with E-state index in [4.69, 9.17) is 4.74 Å². The molecule has 1 aromatic carbocycles. The van der Waals surface area contributed by atoms with Gasteiger partial charge in [-0.1, -0.05) is 26.8 Å². The van der Waals surface area contributed by atoms with Gasteiger partial charge in [0.2, 0.25) is 21.8 Å². The molecule has 264 valence electrons. The lowest BCUT2D eigenvalue weighted by Crippen LogP contribution is -2.60. The first-order chi connectivity index (χ1) is 23.2. The van der Waals surface area contributed by atoms with Crippen LogP contribution in [0.25, 0.3) is 5.69 Å². The molecule has 0 radical (unpaired) electrons. The van der Waals surface area contributed by atoms with E-state index in [1.54, 1.807) is 10.9 Å². The number of carbonyl (C=O) groups excluding carboxylic acids is 4. The number of amides is 4. The van der Waals surface area contributed by atoms with Crippen LogP contribution in [0.1, 0.15) is 65.7 Å². The van der Waals surface area contributed by atoms with Crippen LogP contribution in [-0.4, -0.2) is 89.1 Å². The van der Waals surface area contributed by atoms with Crippen molar-refractivity contribution in [3.05, 3.63) is 55.4 Å². The predicted octanol–water partition coefficient (Wildman–Crippen LogP) is 2.60. The van der Waals surface area contributed by atoms with Gasteiger partial charge in [-0.3, -0.25) is 19.1 Å². The Bertz CT molecular complexity index is 1700. The first kappa shape index (κ1) is 34.5. The van der Waals surface area contributed by atoms with Crippen molar-refractivity contribution in [2.24, 2.45) is 11.3 Å². The van der Waals surface area contributed by atoms with Crippen molar-refractivity contribution in [3.8, 4) is 5.69 Å². The topological polar surface area (TPSA) is 172 Å². The number of ether oxygens (including phenoxy) is 1. The fourth-order valence-electron chi connectivity index (χ4n) is 6.66. The number of nitrogens with one attached hydrogen (secondary N) is 3. The largest absolute Gasteiger partial charge is 0.446 e. The maximum absolute atomic E-state index is 14.4. The van der Waals surface area contributed by atoms with Gasteiger partial charge in [-0.25, -0.2) is 17.9 Å². The highest BCUT2D eigenvalue weighted by Gasteiger charge is 2.62. The zero-order valence-corrected chi connectivity index (χ0v) is 28.9. The van der Waals surface area contributed by atoms with E-state index < -0.39 is 68.0 Å². The van der Waals surface area contributed by atoms with Crippen molar-refractivity contribution in [1.82, 2.24) is 30.0 Å². The maximum Gasteiger partial charge on any atom is 0.408 e. The summed E-state index contributed by atoms with van der Waals surface area (Å²) in [6, 6.07) is 7.18. The highest BCUT2D eigenvalue weighted by molar-refractivity contribution is 7.91. The zero-order chi connectivity index (χ0) is 35.1. The first-order valence-corrected chi connectivity index (χ1v) is 18.4. The van der Waals surface area contributed by atoms with Crippen LogP contribution >= 0.6 is 0 Å². The highest BCUT2D eigenvalue weighted by atomic mass is 32.2. The number of aromatic nitrogens is 2. The number of sulfonamides is 1. The molecule has 2 heterocycles. The van der Waals surface area contributed by atoms with Crippen LogP contribution < -0.4 is 20.3 Å². The molecule has 0 bridgehead atoms. The molecular formula is C34H45N7O7S. The van der Waals surface area contributed by atoms with Gasteiger partial charge in [0.25, 0.3) is 5.91 Å². The Morgan fingerprint density at radius 3 is 2.31 bits per heavy atom. The quantitative estimate of drug-likeness (QED) is 0.299. The van der Waals surface area contributed by atoms with Crippen molar-refractivity contribution < 1.29 is 32.3 Å². The van der Waals surface area contributed by atoms with E-state index in [1.807, 2.05) is 62.2 Å². The molecule has 4 aliphatic rings. The molecule has 1 aromatic heterocycles. The average Bonchev–Trinajstić information content (AvgIpc) is 3.79. The van der Waals surface area contributed by atoms with Gasteiger partial charge >= 0.3 is 6.09 Å². The van der Waals surface area contributed by atoms with Gasteiger partial charge in [-0.15, -0.1) is 6.58 Å². The summed E-state index contributed by atoms with van der Waals surface area (Å²) in [6.07, 6.45) is 8.73. The molecule has 3 saturated carbocycles. The molecule has 3 aliphatic carbocycles. The molecule has 1 saturated heterocycles. The lowest BCUT2D eigenvalue weighted by atomic mass is 9.85. The smallest absolute Gasteiger partial charge is 0.408 e. The normalized spacial score (nSPS) is 24.6. The Hall–Kier alpha value is -4.40. The Morgan fingerprint density at radius 2 is 1.73 bits per heavy atom. The third-order valence-electron chi connectivity index (χ3n) is 9.86. The van der Waals surface area contributed by atoms with Crippen LogP contribution in [0.5, 0.6) is 0 Å². The van der Waals surface area contributed by atoms with Gasteiger partial charge in [0, 0.05) is 30.5 Å². The molecule has 3 N–H and O–H groups in total. The number of alkyl carbamates (subject to hydrolysis) is 1. The Labute approximate surface area is 286 Å². The lowest BCUT2D eigenvalue weighted by Gasteiger charge is -2.35. The first-order valence-electron chi connectivity index (χ1n) is 16.8. The summed E-state index contributed by atoms with van der Waals surface area (Å²) >= 11 is 0. The van der Waals surface area contributed by atoms with Gasteiger partial charge in [0.15, 0.2) is 0 Å². The summed E-state index contributed by atoms with van der Waals surface area (Å²) in [7, 11) is -3.87. The average molecular weight is 696 g/mol. The number of benzene rings is 1. The van der Waals surface area contributed by atoms with Crippen LogP contribution in [-0.2, 0) is 29.1 Å². The summed E-state index contributed by atoms with van der Waals surface area (Å²) in [5.41, 5.74) is -0.704. The van der Waals surface area contributed by atoms with E-state index >= 15 is 0 Å². The van der Waals surface area contributed by atoms with Crippen molar-refractivity contribution in [1.29, 1.82) is 0 Å². The molecule has 15 heteroatoms. The van der Waals surface area contributed by atoms with E-state index in [9.17, 15) is 27.6 Å². The van der Waals surface area contributed by atoms with Gasteiger partial charge in [0.1, 0.15) is 23.7 Å². The van der Waals surface area contributed by atoms with Gasteiger partial charge in [-0.05, 0) is 80.7 Å². The summed E-state index contributed by atoms with van der Waals surface area (Å²) in [5.74, 6) is -2.41. The van der Waals surface area contributed by atoms with E-state index in [2.05, 4.69) is 27.0 Å². The monoisotopic (exact) mass is 695 g/mol. The molecule has 6 rings (SSSR count). The second-order valence-electron chi connectivity index (χ2n) is 14.6. The van der Waals surface area contributed by atoms with Crippen molar-refractivity contribution in [3.63, 3.8) is 0 Å². The molecule has 2 aromatic rings. The van der Waals surface area contributed by atoms with Crippen LogP contribution in [0.2, 0.25) is 0 Å². The van der Waals surface area contributed by atoms with Crippen LogP contribution in [0.4, 0.5) is 10.5 Å². The molecular weight excluding hydrogens is 650 g/mol. The highest BCUT2D eigenvalue weighted by Crippen LogP contribution is 2.45. The van der Waals surface area contributed by atoms with Crippen molar-refractivity contribution in [2.75, 3.05) is 18.1 Å². The van der Waals surface area contributed by atoms with Gasteiger partial charge < -0.3 is 25.2 Å². The van der Waals surface area contributed by atoms with E-state index in [1.165, 1.54) is 11.0 Å². The standard InChI is InChI=1S/C34H45N7O7S/c1-5-22-19-34(22,31(44)38-49(46,47)26-15-16-26)37-29(42)27-20-39(23-11-13-24(14-12-23)41-18-8-17-35-41)21-40(27)30(43)28(33(2,3)4)36-32(45)48-25-9-6-7-10-25/h5,8,11-14,17-18,22,25-28H,1,6-7,9-10,15-16,19-21H2,2-4H3,(H,36,45)(H,37,42)(H,38,44)/t22-,27+,28-,34-/m1/s1. The molecule has 0 spiro atoms. The molecule has 1 aliphatic heterocycles. The SMILES string of the molecule is C=C[C@@H]1C[C@]1(NC(=O)[C@@H]1CN(c2ccc(-n3cccn3)cc2)CN1C(=O)[C@@H](NC(=O)OC1CCCC1)C(C)(C)C)C(=O)NS(=O)(=O)C1CC1. The molecule has 49 heavy (non-hydrogen) atoms. The molecule has 0 unspecified atom stereocenters. The minimum absolute atomic E-state index is 0.0180. The van der Waals surface area contributed by atoms with E-state index in [0.29, 0.717) is 12.8 Å². The summed E-state index contributed by atoms with van der Waals surface area (Å²) in [4.78, 5) is 58.3. The number of hydrogen-bond donors (Lipinski definition) is 3. The van der Waals surface area contributed by atoms with Gasteiger partial charge in [0.05, 0.1) is 17.6 Å². The Morgan fingerprint density at radius 1 is 1.06 bits per heavy atom. The molecule has 4 amide bonds. The van der Waals surface area contributed by atoms with E-state index in [-0.39, 0.29) is 25.7 Å². The third-order valence-corrected chi connectivity index (χ3v) is 11.7. The summed E-state index contributed by atoms with van der Waals surface area (Å²) in [5, 5.41) is 9.23. The van der Waals surface area contributed by atoms with Crippen molar-refractivity contribution >= 4 is 39.5 Å². The maximum atomic E-state index is 14.4. The third kappa shape index (κ3) is 7.31. The van der Waals surface area contributed by atoms with E-state index in [0.717, 1.165) is 37.1 Å². The second kappa shape index (κ2) is 13.1. The molecule has 14 nitrogen and oxygen atoms in total. The molecule has 4 fully saturated rings. The van der Waals surface area contributed by atoms with Crippen molar-refractivity contribution in [2.45, 2.75) is 94.7 Å². The number of anilines is 1. The number of rotatable bonds is 11. The summed E-state index contributed by atoms with van der Waals surface area (Å²) in [6.45, 7) is 9.33. The number of hydrogen-bond acceptors (Lipinski definition) is 9. The lowest BCUT2D eigenvalue weighted by molar-refractivity contribution is -0.142. The summed E-state index contributed by atoms with van der Waals surface area (Å²) < 4.78 is 34.8. The fourth-order valence-corrected chi connectivity index (χ4v) is 8.03. The minimum Gasteiger partial charge on any atom is -0.446 e. The Kier molecular flexibility index (Phi) is 9.24. The number of nitrogens with zero attached hydrogens (tertiary/aromatic N) is 4. The second-order valence-corrected chi connectivity index (χ2v) is 16.6. The van der Waals surface area contributed by atoms with Gasteiger partial charge in [-0.2, -0.15) is 5.10 Å². The van der Waals surface area contributed by atoms with Crippen LogP contribution in [0.15, 0.2) is 55.4 Å². The Balaban J connectivity index is 1.26. The predicted molar refractivity (Wildman–Crippen MR) is 181 cm³/mol. The number of carbonyl (C=O) groups is 4. The van der Waals surface area contributed by atoms with Crippen LogP contribution in [0, 0.1) is 11.3 Å².